The van der Waals surface area contributed by atoms with Gasteiger partial charge in [0.2, 0.25) is 0 Å². The lowest BCUT2D eigenvalue weighted by atomic mass is 10.1. The first-order chi connectivity index (χ1) is 7.45. The SMILES string of the molecule is N#Cc1cc(CC(=O)O)c([N+](=O)[O-])cc1Cl. The molecule has 0 heterocycles. The van der Waals surface area contributed by atoms with E-state index in [0.29, 0.717) is 0 Å². The molecule has 0 amide bonds. The number of halogens is 1. The molecule has 0 radical (unpaired) electrons. The first kappa shape index (κ1) is 11.9. The van der Waals surface area contributed by atoms with Crippen molar-refractivity contribution in [3.8, 4) is 6.07 Å². The number of nitro groups is 1. The molecule has 1 aromatic rings. The summed E-state index contributed by atoms with van der Waals surface area (Å²) in [6.45, 7) is 0. The molecule has 0 fully saturated rings. The Bertz CT molecular complexity index is 507. The molecule has 0 aromatic heterocycles. The Kier molecular flexibility index (Phi) is 3.43. The number of carbonyl (C=O) groups is 1. The van der Waals surface area contributed by atoms with Gasteiger partial charge in [-0.1, -0.05) is 11.6 Å². The van der Waals surface area contributed by atoms with E-state index >= 15 is 0 Å². The fourth-order valence-corrected chi connectivity index (χ4v) is 1.37. The molecule has 0 unspecified atom stereocenters. The van der Waals surface area contributed by atoms with E-state index in [1.165, 1.54) is 0 Å². The van der Waals surface area contributed by atoms with E-state index in [2.05, 4.69) is 0 Å². The minimum absolute atomic E-state index is 0.0171. The Morgan fingerprint density at radius 2 is 2.25 bits per heavy atom. The number of aliphatic carboxylic acids is 1. The molecule has 1 N–H and O–H groups in total. The third kappa shape index (κ3) is 2.46. The second kappa shape index (κ2) is 4.59. The first-order valence-corrected chi connectivity index (χ1v) is 4.42. The fourth-order valence-electron chi connectivity index (χ4n) is 1.17. The summed E-state index contributed by atoms with van der Waals surface area (Å²) in [5.41, 5.74) is -0.423. The highest BCUT2D eigenvalue weighted by atomic mass is 35.5. The van der Waals surface area contributed by atoms with Crippen molar-refractivity contribution >= 4 is 23.3 Å². The molecule has 6 nitrogen and oxygen atoms in total. The Balaban J connectivity index is 3.37. The van der Waals surface area contributed by atoms with Crippen LogP contribution in [0.25, 0.3) is 0 Å². The van der Waals surface area contributed by atoms with Gasteiger partial charge in [0.15, 0.2) is 0 Å². The fraction of sp³-hybridized carbons (Fsp3) is 0.111. The van der Waals surface area contributed by atoms with E-state index in [4.69, 9.17) is 22.0 Å². The van der Waals surface area contributed by atoms with E-state index < -0.39 is 23.0 Å². The number of benzene rings is 1. The second-order valence-electron chi connectivity index (χ2n) is 2.90. The van der Waals surface area contributed by atoms with Crippen LogP contribution in [0.1, 0.15) is 11.1 Å². The van der Waals surface area contributed by atoms with Crippen LogP contribution in [0.5, 0.6) is 0 Å². The molecule has 82 valence electrons. The highest BCUT2D eigenvalue weighted by molar-refractivity contribution is 6.32. The zero-order chi connectivity index (χ0) is 12.3. The quantitative estimate of drug-likeness (QED) is 0.640. The monoisotopic (exact) mass is 240 g/mol. The number of hydrogen-bond acceptors (Lipinski definition) is 4. The van der Waals surface area contributed by atoms with Gasteiger partial charge in [0, 0.05) is 11.6 Å². The zero-order valence-corrected chi connectivity index (χ0v) is 8.56. The van der Waals surface area contributed by atoms with E-state index in [-0.39, 0.29) is 16.1 Å². The van der Waals surface area contributed by atoms with Gasteiger partial charge in [0.05, 0.1) is 21.9 Å². The van der Waals surface area contributed by atoms with Crippen molar-refractivity contribution < 1.29 is 14.8 Å². The van der Waals surface area contributed by atoms with Crippen molar-refractivity contribution in [3.63, 3.8) is 0 Å². The molecule has 0 spiro atoms. The van der Waals surface area contributed by atoms with Crippen LogP contribution >= 0.6 is 11.6 Å². The smallest absolute Gasteiger partial charge is 0.308 e. The van der Waals surface area contributed by atoms with E-state index in [1.807, 2.05) is 0 Å². The Labute approximate surface area is 94.8 Å². The van der Waals surface area contributed by atoms with Crippen molar-refractivity contribution in [2.45, 2.75) is 6.42 Å². The lowest BCUT2D eigenvalue weighted by Crippen LogP contribution is -2.04. The number of carboxylic acid groups (broad SMARTS) is 1. The Hall–Kier alpha value is -2.13. The van der Waals surface area contributed by atoms with Gasteiger partial charge in [-0.25, -0.2) is 0 Å². The van der Waals surface area contributed by atoms with Crippen LogP contribution in [0, 0.1) is 21.4 Å². The van der Waals surface area contributed by atoms with Gasteiger partial charge in [-0.15, -0.1) is 0 Å². The highest BCUT2D eigenvalue weighted by Gasteiger charge is 2.19. The number of nitriles is 1. The summed E-state index contributed by atoms with van der Waals surface area (Å²) in [4.78, 5) is 20.4. The maximum Gasteiger partial charge on any atom is 0.308 e. The van der Waals surface area contributed by atoms with E-state index in [1.54, 1.807) is 6.07 Å². The lowest BCUT2D eigenvalue weighted by Gasteiger charge is -2.02. The number of carboxylic acids is 1. The van der Waals surface area contributed by atoms with Gasteiger partial charge in [0.1, 0.15) is 6.07 Å². The third-order valence-electron chi connectivity index (χ3n) is 1.83. The van der Waals surface area contributed by atoms with Crippen molar-refractivity contribution in [2.75, 3.05) is 0 Å². The molecule has 16 heavy (non-hydrogen) atoms. The molecular formula is C9H5ClN2O4. The van der Waals surface area contributed by atoms with Gasteiger partial charge >= 0.3 is 5.97 Å². The summed E-state index contributed by atoms with van der Waals surface area (Å²) >= 11 is 5.61. The molecule has 1 rings (SSSR count). The predicted octanol–water partition coefficient (Wildman–Crippen LogP) is 1.75. The molecule has 0 aliphatic carbocycles. The molecule has 7 heteroatoms. The molecule has 1 aromatic carbocycles. The average molecular weight is 241 g/mol. The largest absolute Gasteiger partial charge is 0.481 e. The number of hydrogen-bond donors (Lipinski definition) is 1. The first-order valence-electron chi connectivity index (χ1n) is 4.04. The summed E-state index contributed by atoms with van der Waals surface area (Å²) in [7, 11) is 0. The Morgan fingerprint density at radius 3 is 2.69 bits per heavy atom. The zero-order valence-electron chi connectivity index (χ0n) is 7.81. The molecule has 0 aliphatic heterocycles. The second-order valence-corrected chi connectivity index (χ2v) is 3.31. The van der Waals surface area contributed by atoms with Crippen molar-refractivity contribution in [1.29, 1.82) is 5.26 Å². The minimum Gasteiger partial charge on any atom is -0.481 e. The molecular weight excluding hydrogens is 236 g/mol. The van der Waals surface area contributed by atoms with Crippen LogP contribution in [0.3, 0.4) is 0 Å². The van der Waals surface area contributed by atoms with Gasteiger partial charge in [-0.3, -0.25) is 14.9 Å². The average Bonchev–Trinajstić information content (AvgIpc) is 2.19. The molecule has 0 aliphatic rings. The topological polar surface area (TPSA) is 104 Å². The normalized spacial score (nSPS) is 9.50. The van der Waals surface area contributed by atoms with Gasteiger partial charge in [-0.05, 0) is 6.07 Å². The van der Waals surface area contributed by atoms with Crippen LogP contribution in [-0.4, -0.2) is 16.0 Å². The van der Waals surface area contributed by atoms with Crippen molar-refractivity contribution in [1.82, 2.24) is 0 Å². The number of nitro benzene ring substituents is 1. The summed E-state index contributed by atoms with van der Waals surface area (Å²) in [5.74, 6) is -1.21. The van der Waals surface area contributed by atoms with Crippen molar-refractivity contribution in [3.05, 3.63) is 38.4 Å². The maximum absolute atomic E-state index is 10.6. The van der Waals surface area contributed by atoms with Gasteiger partial charge in [-0.2, -0.15) is 5.26 Å². The standard InChI is InChI=1S/C9H5ClN2O4/c10-7-3-8(12(15)16)5(2-9(13)14)1-6(7)4-11/h1,3H,2H2,(H,13,14). The third-order valence-corrected chi connectivity index (χ3v) is 2.14. The van der Waals surface area contributed by atoms with E-state index in [9.17, 15) is 14.9 Å². The van der Waals surface area contributed by atoms with Crippen LogP contribution in [0.4, 0.5) is 5.69 Å². The van der Waals surface area contributed by atoms with Gasteiger partial charge in [0.25, 0.3) is 5.69 Å². The Morgan fingerprint density at radius 1 is 1.62 bits per heavy atom. The van der Waals surface area contributed by atoms with Crippen LogP contribution in [0.2, 0.25) is 5.02 Å². The maximum atomic E-state index is 10.6. The van der Waals surface area contributed by atoms with Crippen LogP contribution in [-0.2, 0) is 11.2 Å². The summed E-state index contributed by atoms with van der Waals surface area (Å²) < 4.78 is 0. The molecule has 0 saturated heterocycles. The van der Waals surface area contributed by atoms with Crippen molar-refractivity contribution in [2.24, 2.45) is 0 Å². The molecule has 0 atom stereocenters. The number of rotatable bonds is 3. The minimum atomic E-state index is -1.21. The highest BCUT2D eigenvalue weighted by Crippen LogP contribution is 2.27. The predicted molar refractivity (Wildman–Crippen MR) is 54.2 cm³/mol. The van der Waals surface area contributed by atoms with E-state index in [0.717, 1.165) is 12.1 Å². The summed E-state index contributed by atoms with van der Waals surface area (Å²) in [5, 5.41) is 27.8. The number of nitrogens with zero attached hydrogens (tertiary/aromatic N) is 2. The summed E-state index contributed by atoms with van der Waals surface area (Å²) in [6, 6.07) is 3.83. The molecule has 0 saturated carbocycles. The van der Waals surface area contributed by atoms with Crippen LogP contribution < -0.4 is 0 Å². The summed E-state index contributed by atoms with van der Waals surface area (Å²) in [6.07, 6.45) is -0.526. The lowest BCUT2D eigenvalue weighted by molar-refractivity contribution is -0.385. The molecule has 0 bridgehead atoms. The van der Waals surface area contributed by atoms with Gasteiger partial charge < -0.3 is 5.11 Å². The van der Waals surface area contributed by atoms with Crippen LogP contribution in [0.15, 0.2) is 12.1 Å².